The summed E-state index contributed by atoms with van der Waals surface area (Å²) < 4.78 is 0. The molecule has 0 radical (unpaired) electrons. The summed E-state index contributed by atoms with van der Waals surface area (Å²) in [4.78, 5) is 12.4. The van der Waals surface area contributed by atoms with E-state index >= 15 is 0 Å². The molecule has 2 aliphatic rings. The normalized spacial score (nSPS) is 28.7. The largest absolute Gasteiger partial charge is 0.294 e. The quantitative estimate of drug-likeness (QED) is 0.826. The molecule has 0 spiro atoms. The Bertz CT molecular complexity index is 696. The first-order valence-corrected chi connectivity index (χ1v) is 9.18. The minimum atomic E-state index is 0.764. The predicted octanol–water partition coefficient (Wildman–Crippen LogP) is 4.34. The third-order valence-corrected chi connectivity index (χ3v) is 6.05. The van der Waals surface area contributed by atoms with E-state index in [1.54, 1.807) is 0 Å². The van der Waals surface area contributed by atoms with Crippen LogP contribution in [0.3, 0.4) is 0 Å². The number of hydrogen-bond donors (Lipinski definition) is 0. The van der Waals surface area contributed by atoms with Gasteiger partial charge in [0, 0.05) is 12.6 Å². The Balaban J connectivity index is 1.60. The summed E-state index contributed by atoms with van der Waals surface area (Å²) in [6.07, 6.45) is 6.95. The molecule has 1 aromatic heterocycles. The van der Waals surface area contributed by atoms with Crippen molar-refractivity contribution >= 4 is 11.0 Å². The molecule has 2 fully saturated rings. The molecule has 2 aromatic rings. The number of aryl methyl sites for hydroxylation is 1. The van der Waals surface area contributed by atoms with Gasteiger partial charge in [-0.3, -0.25) is 4.90 Å². The van der Waals surface area contributed by atoms with Crippen molar-refractivity contribution in [3.05, 3.63) is 35.7 Å². The number of rotatable bonds is 2. The molecule has 1 aliphatic carbocycles. The van der Waals surface area contributed by atoms with E-state index < -0.39 is 0 Å². The van der Waals surface area contributed by atoms with Crippen LogP contribution in [0.5, 0.6) is 0 Å². The highest BCUT2D eigenvalue weighted by Crippen LogP contribution is 2.39. The van der Waals surface area contributed by atoms with Crippen molar-refractivity contribution in [1.29, 1.82) is 0 Å². The van der Waals surface area contributed by atoms with Gasteiger partial charge in [-0.05, 0) is 56.7 Å². The fraction of sp³-hybridized carbons (Fsp3) is 0.600. The van der Waals surface area contributed by atoms with Crippen LogP contribution in [0.15, 0.2) is 24.3 Å². The fourth-order valence-electron chi connectivity index (χ4n) is 4.67. The summed E-state index contributed by atoms with van der Waals surface area (Å²) in [7, 11) is 0. The number of piperidine rings is 1. The molecule has 3 atom stereocenters. The molecule has 1 aromatic carbocycles. The van der Waals surface area contributed by atoms with Crippen molar-refractivity contribution in [3.63, 3.8) is 0 Å². The zero-order chi connectivity index (χ0) is 15.8. The predicted molar refractivity (Wildman–Crippen MR) is 94.2 cm³/mol. The minimum absolute atomic E-state index is 0.764. The first-order chi connectivity index (χ1) is 11.2. The second kappa shape index (κ2) is 6.20. The number of aromatic nitrogens is 2. The lowest BCUT2D eigenvalue weighted by molar-refractivity contribution is 0.0195. The highest BCUT2D eigenvalue weighted by molar-refractivity contribution is 5.74. The number of nitrogens with zero attached hydrogens (tertiary/aromatic N) is 3. The maximum atomic E-state index is 4.92. The molecular formula is C20H27N3. The van der Waals surface area contributed by atoms with Crippen LogP contribution >= 0.6 is 0 Å². The van der Waals surface area contributed by atoms with Gasteiger partial charge in [-0.1, -0.05) is 31.9 Å². The lowest BCUT2D eigenvalue weighted by atomic mass is 9.72. The zero-order valence-corrected chi connectivity index (χ0v) is 14.3. The van der Waals surface area contributed by atoms with Gasteiger partial charge in [0.2, 0.25) is 0 Å². The Kier molecular flexibility index (Phi) is 4.06. The summed E-state index contributed by atoms with van der Waals surface area (Å²) in [6, 6.07) is 8.98. The molecule has 1 saturated heterocycles. The first kappa shape index (κ1) is 15.1. The average Bonchev–Trinajstić information content (AvgIpc) is 2.58. The molecule has 0 N–H and O–H groups in total. The van der Waals surface area contributed by atoms with E-state index in [1.165, 1.54) is 44.3 Å². The smallest absolute Gasteiger partial charge is 0.0890 e. The van der Waals surface area contributed by atoms with Crippen molar-refractivity contribution < 1.29 is 0 Å². The summed E-state index contributed by atoms with van der Waals surface area (Å²) >= 11 is 0. The van der Waals surface area contributed by atoms with E-state index in [0.29, 0.717) is 0 Å². The van der Waals surface area contributed by atoms with Gasteiger partial charge in [-0.2, -0.15) is 0 Å². The lowest BCUT2D eigenvalue weighted by Crippen LogP contribution is -2.49. The number of fused-ring (bicyclic) bond motifs is 2. The monoisotopic (exact) mass is 309 g/mol. The SMILES string of the molecule is Cc1nc2ccccc2nc1CN1CC[C@H](C)[C@H]2CCCC[C@H]21. The van der Waals surface area contributed by atoms with Gasteiger partial charge in [-0.25, -0.2) is 9.97 Å². The van der Waals surface area contributed by atoms with Crippen molar-refractivity contribution in [2.75, 3.05) is 6.54 Å². The van der Waals surface area contributed by atoms with Gasteiger partial charge in [0.15, 0.2) is 0 Å². The molecule has 0 amide bonds. The Morgan fingerprint density at radius 1 is 1.04 bits per heavy atom. The molecular weight excluding hydrogens is 282 g/mol. The van der Waals surface area contributed by atoms with E-state index in [4.69, 9.17) is 9.97 Å². The topological polar surface area (TPSA) is 29.0 Å². The van der Waals surface area contributed by atoms with Crippen LogP contribution in [0, 0.1) is 18.8 Å². The van der Waals surface area contributed by atoms with E-state index in [-0.39, 0.29) is 0 Å². The van der Waals surface area contributed by atoms with Gasteiger partial charge in [0.05, 0.1) is 22.4 Å². The van der Waals surface area contributed by atoms with Crippen molar-refractivity contribution in [3.8, 4) is 0 Å². The van der Waals surface area contributed by atoms with Gasteiger partial charge in [0.25, 0.3) is 0 Å². The Morgan fingerprint density at radius 2 is 1.78 bits per heavy atom. The van der Waals surface area contributed by atoms with Crippen molar-refractivity contribution in [2.45, 2.75) is 58.5 Å². The van der Waals surface area contributed by atoms with Crippen LogP contribution in [0.25, 0.3) is 11.0 Å². The summed E-state index contributed by atoms with van der Waals surface area (Å²) in [6.45, 7) is 6.76. The second-order valence-corrected chi connectivity index (χ2v) is 7.50. The molecule has 0 unspecified atom stereocenters. The summed E-state index contributed by atoms with van der Waals surface area (Å²) in [5.41, 5.74) is 4.30. The molecule has 1 saturated carbocycles. The number of para-hydroxylation sites is 2. The average molecular weight is 309 g/mol. The molecule has 0 bridgehead atoms. The lowest BCUT2D eigenvalue weighted by Gasteiger charge is -2.47. The highest BCUT2D eigenvalue weighted by Gasteiger charge is 2.37. The number of benzene rings is 1. The third kappa shape index (κ3) is 2.87. The minimum Gasteiger partial charge on any atom is -0.294 e. The Labute approximate surface area is 139 Å². The van der Waals surface area contributed by atoms with Gasteiger partial charge < -0.3 is 0 Å². The maximum Gasteiger partial charge on any atom is 0.0890 e. The molecule has 1 aliphatic heterocycles. The zero-order valence-electron chi connectivity index (χ0n) is 14.3. The number of likely N-dealkylation sites (tertiary alicyclic amines) is 1. The molecule has 2 heterocycles. The maximum absolute atomic E-state index is 4.92. The molecule has 3 nitrogen and oxygen atoms in total. The third-order valence-electron chi connectivity index (χ3n) is 6.05. The van der Waals surface area contributed by atoms with Crippen LogP contribution in [-0.2, 0) is 6.54 Å². The van der Waals surface area contributed by atoms with E-state index in [0.717, 1.165) is 41.1 Å². The summed E-state index contributed by atoms with van der Waals surface area (Å²) in [5, 5.41) is 0. The van der Waals surface area contributed by atoms with Crippen LogP contribution in [-0.4, -0.2) is 27.5 Å². The van der Waals surface area contributed by atoms with Crippen molar-refractivity contribution in [2.24, 2.45) is 11.8 Å². The molecule has 4 rings (SSSR count). The van der Waals surface area contributed by atoms with Gasteiger partial charge >= 0.3 is 0 Å². The van der Waals surface area contributed by atoms with Gasteiger partial charge in [0.1, 0.15) is 0 Å². The first-order valence-electron chi connectivity index (χ1n) is 9.18. The Hall–Kier alpha value is -1.48. The molecule has 3 heteroatoms. The highest BCUT2D eigenvalue weighted by atomic mass is 15.2. The fourth-order valence-corrected chi connectivity index (χ4v) is 4.67. The second-order valence-electron chi connectivity index (χ2n) is 7.50. The Morgan fingerprint density at radius 3 is 2.61 bits per heavy atom. The van der Waals surface area contributed by atoms with Crippen molar-refractivity contribution in [1.82, 2.24) is 14.9 Å². The van der Waals surface area contributed by atoms with Crippen LogP contribution in [0.2, 0.25) is 0 Å². The molecule has 122 valence electrons. The standard InChI is InChI=1S/C20H27N3/c1-14-11-12-23(20-10-6-3-7-16(14)20)13-19-15(2)21-17-8-4-5-9-18(17)22-19/h4-5,8-9,14,16,20H,3,6-7,10-13H2,1-2H3/t14-,16+,20+/m0/s1. The van der Waals surface area contributed by atoms with Gasteiger partial charge in [-0.15, -0.1) is 0 Å². The van der Waals surface area contributed by atoms with Crippen LogP contribution in [0.4, 0.5) is 0 Å². The van der Waals surface area contributed by atoms with E-state index in [2.05, 4.69) is 36.9 Å². The van der Waals surface area contributed by atoms with Crippen LogP contribution < -0.4 is 0 Å². The van der Waals surface area contributed by atoms with E-state index in [1.807, 2.05) is 6.07 Å². The van der Waals surface area contributed by atoms with Crippen LogP contribution in [0.1, 0.15) is 50.4 Å². The molecule has 23 heavy (non-hydrogen) atoms. The summed E-state index contributed by atoms with van der Waals surface area (Å²) in [5.74, 6) is 1.78. The number of hydrogen-bond acceptors (Lipinski definition) is 3. The van der Waals surface area contributed by atoms with E-state index in [9.17, 15) is 0 Å².